The zero-order valence-corrected chi connectivity index (χ0v) is 12.4. The fourth-order valence-electron chi connectivity index (χ4n) is 1.53. The van der Waals surface area contributed by atoms with Crippen molar-refractivity contribution in [1.82, 2.24) is 9.97 Å². The molecule has 5 nitrogen and oxygen atoms in total. The van der Waals surface area contributed by atoms with Gasteiger partial charge in [0.15, 0.2) is 0 Å². The third kappa shape index (κ3) is 4.03. The van der Waals surface area contributed by atoms with E-state index in [0.717, 1.165) is 35.9 Å². The first kappa shape index (κ1) is 15.0. The maximum Gasteiger partial charge on any atom is 0.148 e. The van der Waals surface area contributed by atoms with Crippen molar-refractivity contribution in [3.8, 4) is 0 Å². The Morgan fingerprint density at radius 2 is 1.94 bits per heavy atom. The zero-order chi connectivity index (χ0) is 13.5. The van der Waals surface area contributed by atoms with Gasteiger partial charge in [0.25, 0.3) is 0 Å². The van der Waals surface area contributed by atoms with Crippen molar-refractivity contribution in [3.63, 3.8) is 0 Å². The highest BCUT2D eigenvalue weighted by molar-refractivity contribution is 7.98. The molecule has 0 saturated carbocycles. The summed E-state index contributed by atoms with van der Waals surface area (Å²) < 4.78 is 0. The summed E-state index contributed by atoms with van der Waals surface area (Å²) in [6, 6.07) is 0. The number of aromatic nitrogens is 2. The quantitative estimate of drug-likeness (QED) is 0.401. The molecule has 0 aliphatic rings. The number of hydrogen-bond donors (Lipinski definition) is 3. The number of nitrogens with two attached hydrogens (primary N) is 1. The van der Waals surface area contributed by atoms with E-state index in [9.17, 15) is 0 Å². The van der Waals surface area contributed by atoms with Gasteiger partial charge in [-0.1, -0.05) is 13.8 Å². The molecule has 4 N–H and O–H groups in total. The molecule has 0 aromatic carbocycles. The number of thioether (sulfide) groups is 1. The molecule has 0 aliphatic carbocycles. The minimum atomic E-state index is 0.282. The Morgan fingerprint density at radius 1 is 1.28 bits per heavy atom. The molecule has 0 amide bonds. The SMILES string of the molecule is CSCCCNc1nc(C(C)C)nc(NN)c1C. The van der Waals surface area contributed by atoms with E-state index in [1.165, 1.54) is 0 Å². The Kier molecular flexibility index (Phi) is 6.21. The predicted octanol–water partition coefficient (Wildman–Crippen LogP) is 2.36. The molecule has 0 aliphatic heterocycles. The second-order valence-corrected chi connectivity index (χ2v) is 5.46. The molecule has 102 valence electrons. The number of anilines is 2. The van der Waals surface area contributed by atoms with Crippen LogP contribution in [0.5, 0.6) is 0 Å². The number of hydrogen-bond acceptors (Lipinski definition) is 6. The van der Waals surface area contributed by atoms with Crippen LogP contribution in [-0.4, -0.2) is 28.5 Å². The second kappa shape index (κ2) is 7.43. The minimum Gasteiger partial charge on any atom is -0.370 e. The van der Waals surface area contributed by atoms with Crippen LogP contribution >= 0.6 is 11.8 Å². The van der Waals surface area contributed by atoms with Gasteiger partial charge in [-0.3, -0.25) is 0 Å². The van der Waals surface area contributed by atoms with E-state index in [0.29, 0.717) is 5.82 Å². The van der Waals surface area contributed by atoms with Crippen LogP contribution in [0, 0.1) is 6.92 Å². The fraction of sp³-hybridized carbons (Fsp3) is 0.667. The van der Waals surface area contributed by atoms with Crippen molar-refractivity contribution < 1.29 is 0 Å². The van der Waals surface area contributed by atoms with Crippen molar-refractivity contribution in [3.05, 3.63) is 11.4 Å². The van der Waals surface area contributed by atoms with Gasteiger partial charge >= 0.3 is 0 Å². The lowest BCUT2D eigenvalue weighted by Crippen LogP contribution is -2.16. The first-order valence-corrected chi connectivity index (χ1v) is 7.57. The summed E-state index contributed by atoms with van der Waals surface area (Å²) in [7, 11) is 0. The van der Waals surface area contributed by atoms with Crippen LogP contribution < -0.4 is 16.6 Å². The molecule has 1 aromatic rings. The van der Waals surface area contributed by atoms with Crippen LogP contribution in [0.3, 0.4) is 0 Å². The van der Waals surface area contributed by atoms with Crippen molar-refractivity contribution in [2.24, 2.45) is 5.84 Å². The molecule has 0 spiro atoms. The lowest BCUT2D eigenvalue weighted by atomic mass is 10.2. The molecule has 0 unspecified atom stereocenters. The normalized spacial score (nSPS) is 10.8. The van der Waals surface area contributed by atoms with Crippen molar-refractivity contribution >= 4 is 23.4 Å². The number of rotatable bonds is 7. The van der Waals surface area contributed by atoms with E-state index >= 15 is 0 Å². The van der Waals surface area contributed by atoms with Gasteiger partial charge in [-0.2, -0.15) is 11.8 Å². The van der Waals surface area contributed by atoms with Crippen LogP contribution in [-0.2, 0) is 0 Å². The van der Waals surface area contributed by atoms with E-state index in [1.807, 2.05) is 18.7 Å². The Bertz CT molecular complexity index is 381. The predicted molar refractivity (Wildman–Crippen MR) is 80.2 cm³/mol. The largest absolute Gasteiger partial charge is 0.370 e. The van der Waals surface area contributed by atoms with E-state index in [-0.39, 0.29) is 5.92 Å². The highest BCUT2D eigenvalue weighted by atomic mass is 32.2. The zero-order valence-electron chi connectivity index (χ0n) is 11.6. The van der Waals surface area contributed by atoms with Crippen LogP contribution in [0.2, 0.25) is 0 Å². The summed E-state index contributed by atoms with van der Waals surface area (Å²) in [6.07, 6.45) is 3.23. The Balaban J connectivity index is 2.84. The van der Waals surface area contributed by atoms with Gasteiger partial charge in [0.1, 0.15) is 17.5 Å². The average Bonchev–Trinajstić information content (AvgIpc) is 2.36. The van der Waals surface area contributed by atoms with E-state index in [1.54, 1.807) is 0 Å². The maximum absolute atomic E-state index is 5.49. The van der Waals surface area contributed by atoms with Crippen molar-refractivity contribution in [2.75, 3.05) is 29.3 Å². The maximum atomic E-state index is 5.49. The molecule has 1 aromatic heterocycles. The molecule has 0 atom stereocenters. The number of nitrogen functional groups attached to an aromatic ring is 1. The summed E-state index contributed by atoms with van der Waals surface area (Å²) in [5.74, 6) is 9.30. The molecule has 0 bridgehead atoms. The molecule has 1 heterocycles. The lowest BCUT2D eigenvalue weighted by molar-refractivity contribution is 0.771. The molecule has 0 saturated heterocycles. The Morgan fingerprint density at radius 3 is 2.50 bits per heavy atom. The third-order valence-corrected chi connectivity index (χ3v) is 3.33. The second-order valence-electron chi connectivity index (χ2n) is 4.48. The van der Waals surface area contributed by atoms with E-state index in [4.69, 9.17) is 5.84 Å². The molecular formula is C12H23N5S. The highest BCUT2D eigenvalue weighted by Gasteiger charge is 2.11. The minimum absolute atomic E-state index is 0.282. The summed E-state index contributed by atoms with van der Waals surface area (Å²) >= 11 is 1.85. The van der Waals surface area contributed by atoms with E-state index < -0.39 is 0 Å². The van der Waals surface area contributed by atoms with Gasteiger partial charge in [0.05, 0.1) is 0 Å². The summed E-state index contributed by atoms with van der Waals surface area (Å²) in [5.41, 5.74) is 3.60. The highest BCUT2D eigenvalue weighted by Crippen LogP contribution is 2.22. The van der Waals surface area contributed by atoms with Crippen LogP contribution in [0.25, 0.3) is 0 Å². The summed E-state index contributed by atoms with van der Waals surface area (Å²) in [6.45, 7) is 7.03. The number of nitrogens with one attached hydrogen (secondary N) is 2. The van der Waals surface area contributed by atoms with E-state index in [2.05, 4.69) is 40.8 Å². The molecule has 18 heavy (non-hydrogen) atoms. The smallest absolute Gasteiger partial charge is 0.148 e. The van der Waals surface area contributed by atoms with Crippen molar-refractivity contribution in [2.45, 2.75) is 33.1 Å². The molecule has 1 rings (SSSR count). The Hall–Kier alpha value is -1.01. The molecule has 6 heteroatoms. The average molecular weight is 269 g/mol. The van der Waals surface area contributed by atoms with Gasteiger partial charge in [0, 0.05) is 18.0 Å². The topological polar surface area (TPSA) is 75.9 Å². The van der Waals surface area contributed by atoms with Gasteiger partial charge in [-0.15, -0.1) is 0 Å². The third-order valence-electron chi connectivity index (χ3n) is 2.63. The van der Waals surface area contributed by atoms with Crippen LogP contribution in [0.1, 0.15) is 37.6 Å². The number of hydrazine groups is 1. The summed E-state index contributed by atoms with van der Waals surface area (Å²) in [4.78, 5) is 8.96. The Labute approximate surface area is 113 Å². The monoisotopic (exact) mass is 269 g/mol. The summed E-state index contributed by atoms with van der Waals surface area (Å²) in [5, 5.41) is 3.36. The number of nitrogens with zero attached hydrogens (tertiary/aromatic N) is 2. The first-order chi connectivity index (χ1) is 8.60. The van der Waals surface area contributed by atoms with Crippen LogP contribution in [0.4, 0.5) is 11.6 Å². The van der Waals surface area contributed by atoms with Gasteiger partial charge < -0.3 is 10.7 Å². The van der Waals surface area contributed by atoms with Crippen LogP contribution in [0.15, 0.2) is 0 Å². The van der Waals surface area contributed by atoms with Gasteiger partial charge in [-0.05, 0) is 25.4 Å². The molecule has 0 radical (unpaired) electrons. The first-order valence-electron chi connectivity index (χ1n) is 6.18. The molecular weight excluding hydrogens is 246 g/mol. The molecule has 0 fully saturated rings. The fourth-order valence-corrected chi connectivity index (χ4v) is 1.96. The van der Waals surface area contributed by atoms with Crippen molar-refractivity contribution in [1.29, 1.82) is 0 Å². The van der Waals surface area contributed by atoms with Gasteiger partial charge in [0.2, 0.25) is 0 Å². The van der Waals surface area contributed by atoms with Gasteiger partial charge in [-0.25, -0.2) is 15.8 Å². The standard InChI is InChI=1S/C12H23N5S/c1-8(2)10-15-11(14-6-5-7-18-4)9(3)12(16-10)17-13/h8H,5-7,13H2,1-4H3,(H2,14,15,16,17). The lowest BCUT2D eigenvalue weighted by Gasteiger charge is -2.14.